The van der Waals surface area contributed by atoms with Gasteiger partial charge in [-0.05, 0) is 130 Å². The summed E-state index contributed by atoms with van der Waals surface area (Å²) in [6.07, 6.45) is 4.72. The van der Waals surface area contributed by atoms with Crippen LogP contribution in [0.25, 0.3) is 0 Å². The molecule has 3 aliphatic rings. The maximum atomic E-state index is 13.8. The van der Waals surface area contributed by atoms with Crippen molar-refractivity contribution in [2.75, 3.05) is 31.7 Å². The Kier molecular flexibility index (Phi) is 21.6. The van der Waals surface area contributed by atoms with Crippen LogP contribution in [0.3, 0.4) is 0 Å². The van der Waals surface area contributed by atoms with E-state index in [0.29, 0.717) is 79.0 Å². The van der Waals surface area contributed by atoms with Gasteiger partial charge in [0.25, 0.3) is 5.69 Å². The Morgan fingerprint density at radius 1 is 0.500 bits per heavy atom. The molecule has 0 bridgehead atoms. The van der Waals surface area contributed by atoms with Gasteiger partial charge < -0.3 is 52.7 Å². The predicted octanol–water partition coefficient (Wildman–Crippen LogP) is 8.86. The molecule has 4 aromatic carbocycles. The van der Waals surface area contributed by atoms with E-state index in [1.807, 2.05) is 0 Å². The van der Waals surface area contributed by atoms with Crippen LogP contribution < -0.4 is 33.7 Å². The first-order valence-electron chi connectivity index (χ1n) is 25.9. The van der Waals surface area contributed by atoms with Gasteiger partial charge in [0.05, 0.1) is 39.2 Å². The number of ether oxygens (including phenoxy) is 10. The lowest BCUT2D eigenvalue weighted by Crippen LogP contribution is -2.30. The molecule has 4 aromatic rings. The summed E-state index contributed by atoms with van der Waals surface area (Å²) < 4.78 is 55.1. The van der Waals surface area contributed by atoms with E-state index in [4.69, 9.17) is 47.4 Å². The molecule has 0 aromatic heterocycles. The highest BCUT2D eigenvalue weighted by Gasteiger charge is 2.37. The molecule has 0 amide bonds. The lowest BCUT2D eigenvalue weighted by Gasteiger charge is -2.26. The molecule has 0 radical (unpaired) electrons. The summed E-state index contributed by atoms with van der Waals surface area (Å²) in [5.41, 5.74) is 0.936. The third kappa shape index (κ3) is 17.1. The number of anilines is 1. The summed E-state index contributed by atoms with van der Waals surface area (Å²) in [5, 5.41) is 14.2. The van der Waals surface area contributed by atoms with Gasteiger partial charge >= 0.3 is 47.8 Å². The number of nitro groups is 1. The van der Waals surface area contributed by atoms with E-state index in [9.17, 15) is 48.5 Å². The fourth-order valence-electron chi connectivity index (χ4n) is 8.79. The maximum absolute atomic E-state index is 13.8. The molecule has 3 unspecified atom stereocenters. The molecule has 0 spiro atoms. The molecule has 3 atom stereocenters. The van der Waals surface area contributed by atoms with Gasteiger partial charge in [0.15, 0.2) is 18.0 Å². The van der Waals surface area contributed by atoms with Crippen molar-refractivity contribution in [2.45, 2.75) is 73.8 Å². The Hall–Kier alpha value is -9.25. The van der Waals surface area contributed by atoms with Crippen molar-refractivity contribution in [2.24, 2.45) is 23.7 Å². The molecule has 1 aliphatic heterocycles. The number of esters is 8. The van der Waals surface area contributed by atoms with Gasteiger partial charge in [-0.1, -0.05) is 38.1 Å². The van der Waals surface area contributed by atoms with Gasteiger partial charge in [-0.15, -0.1) is 0 Å². The normalized spacial score (nSPS) is 18.6. The third-order valence-corrected chi connectivity index (χ3v) is 14.5. The molecule has 430 valence electrons. The van der Waals surface area contributed by atoms with Crippen LogP contribution in [0, 0.1) is 33.8 Å². The number of carbonyl (C=O) groups is 8. The van der Waals surface area contributed by atoms with Gasteiger partial charge in [0.2, 0.25) is 0 Å². The molecule has 1 heterocycles. The molecule has 2 aliphatic carbocycles. The molecule has 22 nitrogen and oxygen atoms in total. The molecule has 0 saturated heterocycles. The minimum atomic E-state index is -0.939. The van der Waals surface area contributed by atoms with Crippen LogP contribution in [0.4, 0.5) is 11.4 Å². The Labute approximate surface area is 474 Å². The van der Waals surface area contributed by atoms with Crippen molar-refractivity contribution in [1.82, 2.24) is 0 Å². The summed E-state index contributed by atoms with van der Waals surface area (Å²) >= 11 is 1.27. The number of carbonyl (C=O) groups excluding carboxylic acids is 8. The molecule has 7 rings (SSSR count). The Morgan fingerprint density at radius 3 is 1.26 bits per heavy atom. The number of rotatable bonds is 26. The summed E-state index contributed by atoms with van der Waals surface area (Å²) in [6, 6.07) is 21.3. The minimum Gasteiger partial charge on any atom is -0.490 e. The highest BCUT2D eigenvalue weighted by molar-refractivity contribution is 8.00. The number of nitro benzene ring substituents is 1. The summed E-state index contributed by atoms with van der Waals surface area (Å²) in [7, 11) is 0. The molecular weight excluding hydrogens is 1090 g/mol. The number of fused-ring (bicyclic) bond motifs is 1. The fraction of sp³-hybridized carbons (Fsp3) is 0.322. The number of nitrogens with zero attached hydrogens (tertiary/aromatic N) is 1. The number of thioether (sulfide) groups is 1. The fourth-order valence-corrected chi connectivity index (χ4v) is 10.00. The summed E-state index contributed by atoms with van der Waals surface area (Å²) in [6.45, 7) is 12.5. The quantitative estimate of drug-likeness (QED) is 0.0153. The second kappa shape index (κ2) is 29.3. The average molecular weight is 1150 g/mol. The van der Waals surface area contributed by atoms with E-state index in [0.717, 1.165) is 24.3 Å². The standard InChI is InChI=1S/C59H58N2O20S/c1-5-49(62)74-33-45(76-51(64)7-3)31-72-41-21-25-43(26-22-41)78-56(66)36-9-13-38(14-10-36)58(68)80-47-29-30-48(54-53(47)60-55(82-54)35-17-19-40(20-18-35)61(70)71)81-59(69)39-15-11-37(12-16-39)57(67)79-44-27-23-42(24-28-44)73-32-46(77-52(65)8-4)34-75-50(63)6-2/h5-8,17-30,36-39,45-46,55,60H,1-4,9-16,31-34H2. The number of nitrogens with one attached hydrogen (secondary N) is 1. The Morgan fingerprint density at radius 2 is 0.866 bits per heavy atom. The predicted molar refractivity (Wildman–Crippen MR) is 292 cm³/mol. The van der Waals surface area contributed by atoms with Crippen LogP contribution in [0.1, 0.15) is 62.3 Å². The first kappa shape index (κ1) is 60.4. The Bertz CT molecular complexity index is 2860. The SMILES string of the molecule is C=CC(=O)OCC(COc1ccc(OC(=O)C2CCC(C(=O)Oc3ccc(OC(=O)C4CCC(C(=O)Oc5ccc(OCC(COC(=O)C=C)OC(=O)C=C)cc5)CC4)c4c3NC(c3ccc([N+](=O)[O-])cc3)S4)CC2)cc1)OC(=O)C=C. The second-order valence-electron chi connectivity index (χ2n) is 18.8. The van der Waals surface area contributed by atoms with E-state index in [2.05, 4.69) is 31.6 Å². The van der Waals surface area contributed by atoms with Crippen molar-refractivity contribution in [3.05, 3.63) is 151 Å². The zero-order chi connectivity index (χ0) is 58.7. The first-order valence-corrected chi connectivity index (χ1v) is 26.8. The second-order valence-corrected chi connectivity index (χ2v) is 19.9. The topological polar surface area (TPSA) is 284 Å². The Balaban J connectivity index is 0.908. The van der Waals surface area contributed by atoms with Crippen LogP contribution in [-0.2, 0) is 57.3 Å². The van der Waals surface area contributed by atoms with E-state index < -0.39 is 93.9 Å². The van der Waals surface area contributed by atoms with Crippen molar-refractivity contribution < 1.29 is 90.6 Å². The van der Waals surface area contributed by atoms with E-state index in [1.165, 1.54) is 60.3 Å². The zero-order valence-electron chi connectivity index (χ0n) is 44.3. The number of non-ortho nitro benzene ring substituents is 1. The van der Waals surface area contributed by atoms with Crippen molar-refractivity contribution in [1.29, 1.82) is 0 Å². The van der Waals surface area contributed by atoms with Crippen molar-refractivity contribution in [3.63, 3.8) is 0 Å². The molecule has 82 heavy (non-hydrogen) atoms. The van der Waals surface area contributed by atoms with Crippen LogP contribution in [0.5, 0.6) is 34.5 Å². The smallest absolute Gasteiger partial charge is 0.330 e. The third-order valence-electron chi connectivity index (χ3n) is 13.2. The van der Waals surface area contributed by atoms with Crippen molar-refractivity contribution in [3.8, 4) is 34.5 Å². The van der Waals surface area contributed by atoms with Crippen molar-refractivity contribution >= 4 is 70.9 Å². The first-order chi connectivity index (χ1) is 39.5. The highest BCUT2D eigenvalue weighted by atomic mass is 32.2. The van der Waals surface area contributed by atoms with Gasteiger partial charge in [0.1, 0.15) is 60.5 Å². The lowest BCUT2D eigenvalue weighted by atomic mass is 9.82. The van der Waals surface area contributed by atoms with Gasteiger partial charge in [0, 0.05) is 36.4 Å². The van der Waals surface area contributed by atoms with Crippen LogP contribution in [0.15, 0.2) is 140 Å². The van der Waals surface area contributed by atoms with E-state index in [1.54, 1.807) is 36.4 Å². The van der Waals surface area contributed by atoms with Crippen LogP contribution in [0.2, 0.25) is 0 Å². The van der Waals surface area contributed by atoms with E-state index in [-0.39, 0.29) is 55.1 Å². The van der Waals surface area contributed by atoms with Crippen LogP contribution >= 0.6 is 11.8 Å². The number of hydrogen-bond acceptors (Lipinski definition) is 22. The average Bonchev–Trinajstić information content (AvgIpc) is 3.89. The van der Waals surface area contributed by atoms with Gasteiger partial charge in [-0.3, -0.25) is 29.3 Å². The molecular formula is C59H58N2O20S. The maximum Gasteiger partial charge on any atom is 0.330 e. The minimum absolute atomic E-state index is 0.102. The highest BCUT2D eigenvalue weighted by Crippen LogP contribution is 2.55. The summed E-state index contributed by atoms with van der Waals surface area (Å²) in [5.74, 6) is -5.38. The monoisotopic (exact) mass is 1150 g/mol. The largest absolute Gasteiger partial charge is 0.490 e. The zero-order valence-corrected chi connectivity index (χ0v) is 45.1. The van der Waals surface area contributed by atoms with Gasteiger partial charge in [-0.2, -0.15) is 0 Å². The summed E-state index contributed by atoms with van der Waals surface area (Å²) in [4.78, 5) is 112. The molecule has 2 saturated carbocycles. The lowest BCUT2D eigenvalue weighted by molar-refractivity contribution is -0.384. The number of hydrogen-bond donors (Lipinski definition) is 1. The molecule has 2 fully saturated rings. The van der Waals surface area contributed by atoms with Crippen LogP contribution in [-0.4, -0.2) is 91.3 Å². The van der Waals surface area contributed by atoms with E-state index >= 15 is 0 Å². The number of benzene rings is 4. The molecule has 23 heteroatoms. The van der Waals surface area contributed by atoms with Gasteiger partial charge in [-0.25, -0.2) is 19.2 Å². The molecule has 1 N–H and O–H groups in total.